The summed E-state index contributed by atoms with van der Waals surface area (Å²) >= 11 is 0. The maximum atomic E-state index is 5.39. The second kappa shape index (κ2) is 6.24. The highest BCUT2D eigenvalue weighted by Crippen LogP contribution is 2.23. The van der Waals surface area contributed by atoms with Crippen molar-refractivity contribution in [2.75, 3.05) is 33.4 Å². The number of hydrogen-bond donors (Lipinski definition) is 1. The summed E-state index contributed by atoms with van der Waals surface area (Å²) < 4.78 is 5.39. The first-order chi connectivity index (χ1) is 7.62. The molecule has 1 heterocycles. The Kier molecular flexibility index (Phi) is 5.27. The molecule has 1 aliphatic heterocycles. The highest BCUT2D eigenvalue weighted by atomic mass is 16.5. The van der Waals surface area contributed by atoms with Gasteiger partial charge < -0.3 is 10.1 Å². The lowest BCUT2D eigenvalue weighted by molar-refractivity contribution is -0.0232. The molecule has 1 aliphatic rings. The molecule has 0 saturated carbocycles. The van der Waals surface area contributed by atoms with Crippen LogP contribution in [0.4, 0.5) is 0 Å². The van der Waals surface area contributed by atoms with Crippen LogP contribution in [0.1, 0.15) is 26.7 Å². The summed E-state index contributed by atoms with van der Waals surface area (Å²) in [6, 6.07) is 0.432. The van der Waals surface area contributed by atoms with Gasteiger partial charge in [0.25, 0.3) is 0 Å². The molecule has 1 N–H and O–H groups in total. The largest absolute Gasteiger partial charge is 0.379 e. The van der Waals surface area contributed by atoms with Crippen molar-refractivity contribution in [1.29, 1.82) is 0 Å². The van der Waals surface area contributed by atoms with Crippen molar-refractivity contribution >= 4 is 0 Å². The van der Waals surface area contributed by atoms with Crippen LogP contribution in [0, 0.1) is 12.3 Å². The van der Waals surface area contributed by atoms with Crippen LogP contribution in [0.15, 0.2) is 0 Å². The molecule has 0 amide bonds. The monoisotopic (exact) mass is 224 g/mol. The predicted octanol–water partition coefficient (Wildman–Crippen LogP) is 1.10. The molecule has 1 atom stereocenters. The summed E-state index contributed by atoms with van der Waals surface area (Å²) in [5, 5.41) is 3.40. The smallest absolute Gasteiger partial charge is 0.0594 e. The molecule has 0 bridgehead atoms. The van der Waals surface area contributed by atoms with Gasteiger partial charge in [0.05, 0.1) is 13.2 Å². The molecule has 0 aliphatic carbocycles. The summed E-state index contributed by atoms with van der Waals surface area (Å²) in [6.07, 6.45) is 7.20. The Balaban J connectivity index is 2.60. The first kappa shape index (κ1) is 13.5. The van der Waals surface area contributed by atoms with E-state index in [4.69, 9.17) is 11.2 Å². The Morgan fingerprint density at radius 2 is 2.06 bits per heavy atom. The van der Waals surface area contributed by atoms with Gasteiger partial charge in [0.2, 0.25) is 0 Å². The van der Waals surface area contributed by atoms with Gasteiger partial charge in [0.15, 0.2) is 0 Å². The Morgan fingerprint density at radius 1 is 1.44 bits per heavy atom. The van der Waals surface area contributed by atoms with Crippen molar-refractivity contribution in [1.82, 2.24) is 10.2 Å². The molecular weight excluding hydrogens is 200 g/mol. The van der Waals surface area contributed by atoms with Crippen molar-refractivity contribution in [3.63, 3.8) is 0 Å². The van der Waals surface area contributed by atoms with Gasteiger partial charge in [-0.2, -0.15) is 0 Å². The number of morpholine rings is 1. The van der Waals surface area contributed by atoms with E-state index in [1.165, 1.54) is 0 Å². The standard InChI is InChI=1S/C13H24N2O/c1-5-6-7-12(14-4)13(2,3)15-8-10-16-11-9-15/h1,12,14H,6-11H2,2-4H3. The van der Waals surface area contributed by atoms with Gasteiger partial charge in [-0.15, -0.1) is 12.3 Å². The second-order valence-corrected chi connectivity index (χ2v) is 4.84. The van der Waals surface area contributed by atoms with Gasteiger partial charge in [0, 0.05) is 31.1 Å². The van der Waals surface area contributed by atoms with Crippen LogP contribution in [0.2, 0.25) is 0 Å². The predicted molar refractivity (Wildman–Crippen MR) is 67.4 cm³/mol. The molecule has 1 saturated heterocycles. The van der Waals surface area contributed by atoms with Crippen molar-refractivity contribution < 1.29 is 4.74 Å². The van der Waals surface area contributed by atoms with E-state index in [0.29, 0.717) is 6.04 Å². The number of nitrogens with zero attached hydrogens (tertiary/aromatic N) is 1. The van der Waals surface area contributed by atoms with E-state index < -0.39 is 0 Å². The third-order valence-electron chi connectivity index (χ3n) is 3.60. The molecule has 0 aromatic heterocycles. The topological polar surface area (TPSA) is 24.5 Å². The zero-order chi connectivity index (χ0) is 12.0. The van der Waals surface area contributed by atoms with Crippen LogP contribution in [0.5, 0.6) is 0 Å². The zero-order valence-corrected chi connectivity index (χ0v) is 10.8. The van der Waals surface area contributed by atoms with Crippen LogP contribution in [-0.4, -0.2) is 49.8 Å². The van der Waals surface area contributed by atoms with E-state index >= 15 is 0 Å². The minimum Gasteiger partial charge on any atom is -0.379 e. The van der Waals surface area contributed by atoms with Crippen molar-refractivity contribution in [3.05, 3.63) is 0 Å². The fourth-order valence-electron chi connectivity index (χ4n) is 2.44. The van der Waals surface area contributed by atoms with Crippen LogP contribution in [-0.2, 0) is 4.74 Å². The van der Waals surface area contributed by atoms with Gasteiger partial charge in [-0.05, 0) is 27.3 Å². The maximum Gasteiger partial charge on any atom is 0.0594 e. The zero-order valence-electron chi connectivity index (χ0n) is 10.8. The molecule has 92 valence electrons. The average Bonchev–Trinajstić information content (AvgIpc) is 2.31. The number of terminal acetylenes is 1. The number of likely N-dealkylation sites (N-methyl/N-ethyl adjacent to an activating group) is 1. The van der Waals surface area contributed by atoms with Crippen LogP contribution in [0.25, 0.3) is 0 Å². The van der Waals surface area contributed by atoms with E-state index in [0.717, 1.165) is 39.1 Å². The minimum atomic E-state index is 0.134. The van der Waals surface area contributed by atoms with Gasteiger partial charge in [0.1, 0.15) is 0 Å². The third kappa shape index (κ3) is 3.21. The molecule has 0 radical (unpaired) electrons. The summed E-state index contributed by atoms with van der Waals surface area (Å²) in [5.74, 6) is 2.72. The molecule has 0 aromatic carbocycles. The lowest BCUT2D eigenvalue weighted by Crippen LogP contribution is -2.59. The third-order valence-corrected chi connectivity index (χ3v) is 3.60. The molecular formula is C13H24N2O. The Morgan fingerprint density at radius 3 is 2.56 bits per heavy atom. The lowest BCUT2D eigenvalue weighted by Gasteiger charge is -2.45. The molecule has 16 heavy (non-hydrogen) atoms. The van der Waals surface area contributed by atoms with Crippen LogP contribution >= 0.6 is 0 Å². The fraction of sp³-hybridized carbons (Fsp3) is 0.846. The van der Waals surface area contributed by atoms with Crippen molar-refractivity contribution in [2.45, 2.75) is 38.3 Å². The number of ether oxygens (including phenoxy) is 1. The molecule has 0 spiro atoms. The van der Waals surface area contributed by atoms with Crippen LogP contribution in [0.3, 0.4) is 0 Å². The van der Waals surface area contributed by atoms with E-state index in [1.807, 2.05) is 7.05 Å². The highest BCUT2D eigenvalue weighted by molar-refractivity contribution is 4.96. The Labute approximate surface area is 99.5 Å². The molecule has 0 aromatic rings. The Bertz CT molecular complexity index is 239. The summed E-state index contributed by atoms with van der Waals surface area (Å²) in [4.78, 5) is 2.49. The van der Waals surface area contributed by atoms with Gasteiger partial charge in [-0.25, -0.2) is 0 Å². The van der Waals surface area contributed by atoms with Crippen molar-refractivity contribution in [2.24, 2.45) is 0 Å². The maximum absolute atomic E-state index is 5.39. The summed E-state index contributed by atoms with van der Waals surface area (Å²) in [5.41, 5.74) is 0.134. The van der Waals surface area contributed by atoms with E-state index in [1.54, 1.807) is 0 Å². The quantitative estimate of drug-likeness (QED) is 0.708. The van der Waals surface area contributed by atoms with E-state index in [-0.39, 0.29) is 5.54 Å². The molecule has 1 fully saturated rings. The number of rotatable bonds is 5. The Hall–Kier alpha value is -0.560. The van der Waals surface area contributed by atoms with E-state index in [9.17, 15) is 0 Å². The first-order valence-electron chi connectivity index (χ1n) is 6.06. The average molecular weight is 224 g/mol. The SMILES string of the molecule is C#CCCC(NC)C(C)(C)N1CCOCC1. The highest BCUT2D eigenvalue weighted by Gasteiger charge is 2.34. The van der Waals surface area contributed by atoms with Gasteiger partial charge >= 0.3 is 0 Å². The fourth-order valence-corrected chi connectivity index (χ4v) is 2.44. The lowest BCUT2D eigenvalue weighted by atomic mass is 9.88. The normalized spacial score (nSPS) is 20.4. The first-order valence-corrected chi connectivity index (χ1v) is 6.06. The van der Waals surface area contributed by atoms with Gasteiger partial charge in [-0.3, -0.25) is 4.90 Å². The number of nitrogens with one attached hydrogen (secondary N) is 1. The number of hydrogen-bond acceptors (Lipinski definition) is 3. The van der Waals surface area contributed by atoms with Crippen molar-refractivity contribution in [3.8, 4) is 12.3 Å². The van der Waals surface area contributed by atoms with E-state index in [2.05, 4.69) is 30.0 Å². The summed E-state index contributed by atoms with van der Waals surface area (Å²) in [6.45, 7) is 8.29. The molecule has 1 rings (SSSR count). The van der Waals surface area contributed by atoms with Gasteiger partial charge in [-0.1, -0.05) is 0 Å². The molecule has 1 unspecified atom stereocenters. The minimum absolute atomic E-state index is 0.134. The molecule has 3 heteroatoms. The van der Waals surface area contributed by atoms with Crippen LogP contribution < -0.4 is 5.32 Å². The summed E-state index contributed by atoms with van der Waals surface area (Å²) in [7, 11) is 2.02. The second-order valence-electron chi connectivity index (χ2n) is 4.84. The molecule has 3 nitrogen and oxygen atoms in total.